The number of nitrogens with zero attached hydrogens (tertiary/aromatic N) is 7. The van der Waals surface area contributed by atoms with Crippen molar-refractivity contribution in [1.82, 2.24) is 19.9 Å². The van der Waals surface area contributed by atoms with Crippen LogP contribution in [0.2, 0.25) is 0 Å². The fraction of sp³-hybridized carbons (Fsp3) is 0.400. The van der Waals surface area contributed by atoms with Crippen LogP contribution in [0.25, 0.3) is 0 Å². The van der Waals surface area contributed by atoms with Crippen LogP contribution in [0.4, 0.5) is 11.8 Å². The summed E-state index contributed by atoms with van der Waals surface area (Å²) in [4.78, 5) is 21.7. The average molecular weight is 293 g/mol. The molecule has 22 heavy (non-hydrogen) atoms. The third kappa shape index (κ3) is 2.04. The number of hydrogen-bond acceptors (Lipinski definition) is 7. The molecule has 110 valence electrons. The molecule has 3 saturated heterocycles. The number of rotatable bonds is 2. The zero-order valence-corrected chi connectivity index (χ0v) is 12.2. The normalized spacial score (nSPS) is 22.9. The van der Waals surface area contributed by atoms with Crippen LogP contribution in [0.1, 0.15) is 17.8 Å². The number of hydrogen-bond donors (Lipinski definition) is 0. The summed E-state index contributed by atoms with van der Waals surface area (Å²) < 4.78 is 0. The Kier molecular flexibility index (Phi) is 2.89. The maximum atomic E-state index is 8.97. The molecule has 0 aliphatic carbocycles. The summed E-state index contributed by atoms with van der Waals surface area (Å²) in [7, 11) is 0. The lowest BCUT2D eigenvalue weighted by atomic mass is 9.88. The molecule has 2 aromatic heterocycles. The van der Waals surface area contributed by atoms with Gasteiger partial charge in [0.2, 0.25) is 5.95 Å². The van der Waals surface area contributed by atoms with Crippen LogP contribution in [0.3, 0.4) is 0 Å². The zero-order chi connectivity index (χ0) is 15.1. The van der Waals surface area contributed by atoms with Gasteiger partial charge in [-0.1, -0.05) is 0 Å². The molecule has 5 heterocycles. The molecule has 2 aromatic rings. The van der Waals surface area contributed by atoms with E-state index in [4.69, 9.17) is 5.26 Å². The number of aromatic nitrogens is 4. The Balaban J connectivity index is 1.54. The zero-order valence-electron chi connectivity index (χ0n) is 12.2. The second kappa shape index (κ2) is 4.91. The molecular formula is C15H15N7. The third-order valence-electron chi connectivity index (χ3n) is 4.29. The molecule has 0 radical (unpaired) electrons. The van der Waals surface area contributed by atoms with Gasteiger partial charge in [-0.05, 0) is 19.4 Å². The Morgan fingerprint density at radius 2 is 2.05 bits per heavy atom. The summed E-state index contributed by atoms with van der Waals surface area (Å²) >= 11 is 0. The summed E-state index contributed by atoms with van der Waals surface area (Å²) in [6.45, 7) is 3.77. The monoisotopic (exact) mass is 293 g/mol. The van der Waals surface area contributed by atoms with Gasteiger partial charge in [0.1, 0.15) is 23.9 Å². The topological polar surface area (TPSA) is 81.8 Å². The van der Waals surface area contributed by atoms with E-state index in [0.29, 0.717) is 23.7 Å². The molecular weight excluding hydrogens is 278 g/mol. The van der Waals surface area contributed by atoms with Crippen molar-refractivity contribution in [3.05, 3.63) is 36.0 Å². The van der Waals surface area contributed by atoms with Crippen LogP contribution in [0.15, 0.2) is 24.7 Å². The van der Waals surface area contributed by atoms with E-state index in [1.807, 2.05) is 13.0 Å². The van der Waals surface area contributed by atoms with Crippen molar-refractivity contribution in [3.63, 3.8) is 0 Å². The highest BCUT2D eigenvalue weighted by Gasteiger charge is 2.46. The number of piperazine rings is 1. The predicted octanol–water partition coefficient (Wildman–Crippen LogP) is 0.914. The summed E-state index contributed by atoms with van der Waals surface area (Å²) in [5, 5.41) is 8.97. The highest BCUT2D eigenvalue weighted by Crippen LogP contribution is 2.36. The summed E-state index contributed by atoms with van der Waals surface area (Å²) in [6.07, 6.45) is 4.41. The molecule has 5 rings (SSSR count). The van der Waals surface area contributed by atoms with Crippen molar-refractivity contribution < 1.29 is 0 Å². The number of anilines is 2. The predicted molar refractivity (Wildman–Crippen MR) is 80.4 cm³/mol. The molecule has 0 aromatic carbocycles. The highest BCUT2D eigenvalue weighted by atomic mass is 15.4. The maximum Gasteiger partial charge on any atom is 0.227 e. The van der Waals surface area contributed by atoms with Crippen molar-refractivity contribution >= 4 is 11.8 Å². The van der Waals surface area contributed by atoms with Crippen LogP contribution in [-0.2, 0) is 0 Å². The van der Waals surface area contributed by atoms with E-state index >= 15 is 0 Å². The van der Waals surface area contributed by atoms with Crippen LogP contribution in [-0.4, -0.2) is 45.1 Å². The molecule has 0 saturated carbocycles. The number of piperidine rings is 1. The molecule has 3 fully saturated rings. The minimum Gasteiger partial charge on any atom is -0.352 e. The summed E-state index contributed by atoms with van der Waals surface area (Å²) in [5.41, 5.74) is 1.39. The Morgan fingerprint density at radius 3 is 2.77 bits per heavy atom. The Hall–Kier alpha value is -2.75. The molecule has 7 heteroatoms. The van der Waals surface area contributed by atoms with Gasteiger partial charge in [-0.3, -0.25) is 0 Å². The van der Waals surface area contributed by atoms with Crippen LogP contribution in [0, 0.1) is 18.3 Å². The smallest absolute Gasteiger partial charge is 0.227 e. The van der Waals surface area contributed by atoms with Gasteiger partial charge in [0.25, 0.3) is 0 Å². The fourth-order valence-corrected chi connectivity index (χ4v) is 3.27. The average Bonchev–Trinajstić information content (AvgIpc) is 2.55. The summed E-state index contributed by atoms with van der Waals surface area (Å²) in [5.74, 6) is 1.65. The molecule has 0 spiro atoms. The summed E-state index contributed by atoms with van der Waals surface area (Å²) in [6, 6.07) is 6.48. The molecule has 3 aliphatic heterocycles. The first-order valence-electron chi connectivity index (χ1n) is 7.29. The van der Waals surface area contributed by atoms with Crippen molar-refractivity contribution in [2.24, 2.45) is 0 Å². The number of aryl methyl sites for hydroxylation is 1. The lowest BCUT2D eigenvalue weighted by molar-refractivity contribution is 0.285. The second-order valence-electron chi connectivity index (χ2n) is 5.73. The van der Waals surface area contributed by atoms with Gasteiger partial charge in [0.05, 0.1) is 12.1 Å². The molecule has 0 amide bonds. The first-order chi connectivity index (χ1) is 10.7. The molecule has 2 unspecified atom stereocenters. The molecule has 3 aliphatic rings. The van der Waals surface area contributed by atoms with Gasteiger partial charge < -0.3 is 9.80 Å². The van der Waals surface area contributed by atoms with Gasteiger partial charge in [-0.25, -0.2) is 19.9 Å². The van der Waals surface area contributed by atoms with Crippen molar-refractivity contribution in [1.29, 1.82) is 5.26 Å². The first-order valence-corrected chi connectivity index (χ1v) is 7.29. The van der Waals surface area contributed by atoms with E-state index in [2.05, 4.69) is 35.8 Å². The molecule has 2 atom stereocenters. The minimum atomic E-state index is 0.378. The highest BCUT2D eigenvalue weighted by molar-refractivity contribution is 5.49. The van der Waals surface area contributed by atoms with Crippen molar-refractivity contribution in [2.75, 3.05) is 22.9 Å². The van der Waals surface area contributed by atoms with Crippen LogP contribution >= 0.6 is 0 Å². The SMILES string of the molecule is Cc1cc(N2CC3CC(C2)N3c2nccc(C#N)n2)ncn1. The molecule has 2 bridgehead atoms. The van der Waals surface area contributed by atoms with E-state index in [0.717, 1.165) is 31.0 Å². The van der Waals surface area contributed by atoms with E-state index in [9.17, 15) is 0 Å². The van der Waals surface area contributed by atoms with Crippen LogP contribution < -0.4 is 9.80 Å². The number of nitriles is 1. The maximum absolute atomic E-state index is 8.97. The largest absolute Gasteiger partial charge is 0.352 e. The van der Waals surface area contributed by atoms with Crippen molar-refractivity contribution in [3.8, 4) is 6.07 Å². The molecule has 7 nitrogen and oxygen atoms in total. The van der Waals surface area contributed by atoms with Gasteiger partial charge >= 0.3 is 0 Å². The van der Waals surface area contributed by atoms with E-state index in [1.165, 1.54) is 0 Å². The van der Waals surface area contributed by atoms with Gasteiger partial charge in [0.15, 0.2) is 0 Å². The number of fused-ring (bicyclic) bond motifs is 2. The standard InChI is InChI=1S/C15H15N7/c1-10-4-14(19-9-18-10)21-7-12-5-13(8-21)22(12)15-17-3-2-11(6-16)20-15/h2-4,9,12-13H,5,7-8H2,1H3. The first kappa shape index (κ1) is 13.0. The van der Waals surface area contributed by atoms with Gasteiger partial charge in [-0.15, -0.1) is 0 Å². The third-order valence-corrected chi connectivity index (χ3v) is 4.29. The lowest BCUT2D eigenvalue weighted by Gasteiger charge is -2.56. The van der Waals surface area contributed by atoms with E-state index in [-0.39, 0.29) is 0 Å². The van der Waals surface area contributed by atoms with Gasteiger partial charge in [-0.2, -0.15) is 5.26 Å². The quantitative estimate of drug-likeness (QED) is 0.814. The fourth-order valence-electron chi connectivity index (χ4n) is 3.27. The van der Waals surface area contributed by atoms with Crippen LogP contribution in [0.5, 0.6) is 0 Å². The molecule has 0 N–H and O–H groups in total. The Labute approximate surface area is 128 Å². The Morgan fingerprint density at radius 1 is 1.23 bits per heavy atom. The lowest BCUT2D eigenvalue weighted by Crippen LogP contribution is -2.69. The van der Waals surface area contributed by atoms with Gasteiger partial charge in [0, 0.05) is 31.0 Å². The van der Waals surface area contributed by atoms with E-state index in [1.54, 1.807) is 18.6 Å². The van der Waals surface area contributed by atoms with E-state index < -0.39 is 0 Å². The Bertz CT molecular complexity index is 742. The van der Waals surface area contributed by atoms with Crippen molar-refractivity contribution in [2.45, 2.75) is 25.4 Å². The minimum absolute atomic E-state index is 0.378. The second-order valence-corrected chi connectivity index (χ2v) is 5.73.